The number of benzene rings is 2. The Balaban J connectivity index is 1.86. The van der Waals surface area contributed by atoms with Crippen molar-refractivity contribution in [3.05, 3.63) is 53.6 Å². The Kier molecular flexibility index (Phi) is 6.93. The number of hydrazone groups is 1. The fraction of sp³-hybridized carbons (Fsp3) is 0.364. The molecule has 1 aliphatic heterocycles. The molecule has 6 nitrogen and oxygen atoms in total. The van der Waals surface area contributed by atoms with Crippen molar-refractivity contribution in [2.75, 3.05) is 13.1 Å². The molecule has 0 radical (unpaired) electrons. The van der Waals surface area contributed by atoms with Gasteiger partial charge in [0, 0.05) is 31.1 Å². The zero-order chi connectivity index (χ0) is 20.8. The Hall–Kier alpha value is -2.80. The fourth-order valence-corrected chi connectivity index (χ4v) is 3.58. The van der Waals surface area contributed by atoms with Gasteiger partial charge in [-0.2, -0.15) is 5.10 Å². The maximum Gasteiger partial charge on any atom is 0.189 e. The lowest BCUT2D eigenvalue weighted by molar-refractivity contribution is 0.205. The molecule has 0 amide bonds. The molecule has 0 aliphatic carbocycles. The van der Waals surface area contributed by atoms with Crippen LogP contribution in [0.5, 0.6) is 17.2 Å². The zero-order valence-electron chi connectivity index (χ0n) is 16.8. The molecule has 1 aliphatic rings. The van der Waals surface area contributed by atoms with Gasteiger partial charge in [-0.3, -0.25) is 5.43 Å². The molecule has 0 saturated carbocycles. The van der Waals surface area contributed by atoms with Crippen molar-refractivity contribution in [1.29, 1.82) is 0 Å². The molecule has 3 N–H and O–H groups in total. The minimum atomic E-state index is -0.276. The molecule has 0 spiro atoms. The van der Waals surface area contributed by atoms with Gasteiger partial charge in [0.15, 0.2) is 5.11 Å². The van der Waals surface area contributed by atoms with Gasteiger partial charge in [-0.15, -0.1) is 0 Å². The van der Waals surface area contributed by atoms with E-state index in [0.29, 0.717) is 17.3 Å². The molecule has 154 valence electrons. The quantitative estimate of drug-likeness (QED) is 0.484. The summed E-state index contributed by atoms with van der Waals surface area (Å²) in [4.78, 5) is 2.12. The van der Waals surface area contributed by atoms with Gasteiger partial charge in [0.25, 0.3) is 0 Å². The number of nitrogens with one attached hydrogen (secondary N) is 1. The highest BCUT2D eigenvalue weighted by Gasteiger charge is 2.27. The molecule has 7 heteroatoms. The van der Waals surface area contributed by atoms with Crippen molar-refractivity contribution >= 4 is 23.0 Å². The third-order valence-electron chi connectivity index (χ3n) is 4.75. The molecule has 1 heterocycles. The van der Waals surface area contributed by atoms with E-state index in [2.05, 4.69) is 29.3 Å². The number of nitrogens with zero attached hydrogens (tertiary/aromatic N) is 2. The Labute approximate surface area is 176 Å². The number of thiocarbonyl (C=S) groups is 1. The van der Waals surface area contributed by atoms with Crippen molar-refractivity contribution in [2.45, 2.75) is 39.2 Å². The molecule has 0 bridgehead atoms. The second-order valence-electron chi connectivity index (χ2n) is 7.05. The van der Waals surface area contributed by atoms with Crippen LogP contribution in [0.25, 0.3) is 0 Å². The summed E-state index contributed by atoms with van der Waals surface area (Å²) in [5, 5.41) is 24.7. The second kappa shape index (κ2) is 9.60. The van der Waals surface area contributed by atoms with Gasteiger partial charge < -0.3 is 19.8 Å². The maximum absolute atomic E-state index is 9.88. The topological polar surface area (TPSA) is 77.3 Å². The van der Waals surface area contributed by atoms with Gasteiger partial charge in [-0.25, -0.2) is 0 Å². The average molecular weight is 414 g/mol. The number of phenolic OH excluding ortho intramolecular Hbond substituents is 2. The number of phenols is 2. The predicted octanol–water partition coefficient (Wildman–Crippen LogP) is 4.32. The van der Waals surface area contributed by atoms with Gasteiger partial charge in [0.05, 0.1) is 5.71 Å². The summed E-state index contributed by atoms with van der Waals surface area (Å²) in [7, 11) is 0. The first kappa shape index (κ1) is 20.9. The lowest BCUT2D eigenvalue weighted by Crippen LogP contribution is -2.39. The second-order valence-corrected chi connectivity index (χ2v) is 7.43. The molecule has 29 heavy (non-hydrogen) atoms. The Bertz CT molecular complexity index is 877. The predicted molar refractivity (Wildman–Crippen MR) is 119 cm³/mol. The lowest BCUT2D eigenvalue weighted by atomic mass is 9.95. The van der Waals surface area contributed by atoms with Crippen LogP contribution in [0.3, 0.4) is 0 Å². The first-order valence-electron chi connectivity index (χ1n) is 9.92. The Morgan fingerprint density at radius 1 is 1.10 bits per heavy atom. The van der Waals surface area contributed by atoms with Gasteiger partial charge in [0.2, 0.25) is 0 Å². The highest BCUT2D eigenvalue weighted by atomic mass is 32.1. The summed E-state index contributed by atoms with van der Waals surface area (Å²) in [6, 6.07) is 11.9. The van der Waals surface area contributed by atoms with Crippen molar-refractivity contribution in [2.24, 2.45) is 5.10 Å². The van der Waals surface area contributed by atoms with E-state index < -0.39 is 0 Å². The molecular formula is C22H27N3O3S. The zero-order valence-corrected chi connectivity index (χ0v) is 17.6. The summed E-state index contributed by atoms with van der Waals surface area (Å²) in [6.07, 6.45) is 2.29. The van der Waals surface area contributed by atoms with Crippen LogP contribution in [0.4, 0.5) is 0 Å². The summed E-state index contributed by atoms with van der Waals surface area (Å²) >= 11 is 5.54. The average Bonchev–Trinajstić information content (AvgIpc) is 2.71. The van der Waals surface area contributed by atoms with E-state index in [1.165, 1.54) is 0 Å². The van der Waals surface area contributed by atoms with E-state index in [1.807, 2.05) is 12.1 Å². The normalized spacial score (nSPS) is 16.8. The number of fused-ring (bicyclic) bond motifs is 1. The van der Waals surface area contributed by atoms with Crippen LogP contribution in [0.15, 0.2) is 47.6 Å². The minimum absolute atomic E-state index is 0.134. The molecule has 0 aromatic heterocycles. The van der Waals surface area contributed by atoms with E-state index in [1.54, 1.807) is 30.3 Å². The maximum atomic E-state index is 9.88. The van der Waals surface area contributed by atoms with E-state index in [0.717, 1.165) is 42.8 Å². The van der Waals surface area contributed by atoms with E-state index in [9.17, 15) is 10.2 Å². The summed E-state index contributed by atoms with van der Waals surface area (Å²) in [5.41, 5.74) is 5.60. The minimum Gasteiger partial charge on any atom is -0.508 e. The molecule has 1 atom stereocenters. The van der Waals surface area contributed by atoms with Crippen LogP contribution < -0.4 is 10.2 Å². The summed E-state index contributed by atoms with van der Waals surface area (Å²) in [5.74, 6) is 0.908. The first-order valence-corrected chi connectivity index (χ1v) is 10.3. The number of aromatic hydroxyl groups is 2. The first-order chi connectivity index (χ1) is 14.0. The number of hydrogen-bond acceptors (Lipinski definition) is 5. The molecule has 1 unspecified atom stereocenters. The molecule has 2 aromatic carbocycles. The lowest BCUT2D eigenvalue weighted by Gasteiger charge is -2.28. The van der Waals surface area contributed by atoms with Crippen molar-refractivity contribution in [1.82, 2.24) is 10.3 Å². The molecule has 2 aromatic rings. The summed E-state index contributed by atoms with van der Waals surface area (Å²) in [6.45, 7) is 6.02. The van der Waals surface area contributed by atoms with Crippen LogP contribution in [0.1, 0.15) is 50.3 Å². The van der Waals surface area contributed by atoms with Crippen LogP contribution >= 0.6 is 12.2 Å². The van der Waals surface area contributed by atoms with Crippen molar-refractivity contribution in [3.8, 4) is 17.2 Å². The molecule has 0 saturated heterocycles. The van der Waals surface area contributed by atoms with Gasteiger partial charge >= 0.3 is 0 Å². The van der Waals surface area contributed by atoms with E-state index in [4.69, 9.17) is 17.0 Å². The smallest absolute Gasteiger partial charge is 0.189 e. The van der Waals surface area contributed by atoms with E-state index in [-0.39, 0.29) is 17.6 Å². The third kappa shape index (κ3) is 5.17. The number of ether oxygens (including phenoxy) is 1. The van der Waals surface area contributed by atoms with Crippen LogP contribution in [-0.4, -0.2) is 39.0 Å². The largest absolute Gasteiger partial charge is 0.508 e. The van der Waals surface area contributed by atoms with Crippen molar-refractivity contribution < 1.29 is 14.9 Å². The van der Waals surface area contributed by atoms with Gasteiger partial charge in [-0.1, -0.05) is 26.0 Å². The van der Waals surface area contributed by atoms with Crippen molar-refractivity contribution in [3.63, 3.8) is 0 Å². The highest BCUT2D eigenvalue weighted by molar-refractivity contribution is 7.80. The standard InChI is InChI=1S/C22H27N3O3S/c1-3-11-25(12-4-2)22(29)24-23-19-14-20(15-5-7-16(26)8-6-15)28-21-13-17(27)9-10-18(19)21/h5-10,13,20,26-27H,3-4,11-12,14H2,1-2H3,(H,24,29)/b23-19+. The Morgan fingerprint density at radius 3 is 2.41 bits per heavy atom. The summed E-state index contributed by atoms with van der Waals surface area (Å²) < 4.78 is 6.11. The Morgan fingerprint density at radius 2 is 1.76 bits per heavy atom. The number of hydrogen-bond donors (Lipinski definition) is 3. The van der Waals surface area contributed by atoms with E-state index >= 15 is 0 Å². The SMILES string of the molecule is CCCN(CCC)C(=S)N/N=C1\CC(c2ccc(O)cc2)Oc2cc(O)ccc21. The van der Waals surface area contributed by atoms with Crippen LogP contribution in [0, 0.1) is 0 Å². The van der Waals surface area contributed by atoms with Gasteiger partial charge in [-0.05, 0) is 54.9 Å². The molecule has 0 fully saturated rings. The monoisotopic (exact) mass is 413 g/mol. The molecule has 3 rings (SSSR count). The van der Waals surface area contributed by atoms with Gasteiger partial charge in [0.1, 0.15) is 23.4 Å². The fourth-order valence-electron chi connectivity index (χ4n) is 3.35. The number of rotatable bonds is 6. The molecular weight excluding hydrogens is 386 g/mol. The van der Waals surface area contributed by atoms with Crippen LogP contribution in [-0.2, 0) is 0 Å². The van der Waals surface area contributed by atoms with Crippen LogP contribution in [0.2, 0.25) is 0 Å². The third-order valence-corrected chi connectivity index (χ3v) is 5.10. The highest BCUT2D eigenvalue weighted by Crippen LogP contribution is 2.37.